The molecule has 186 valence electrons. The minimum Gasteiger partial charge on any atom is -0.378 e. The minimum atomic E-state index is -0.278. The Morgan fingerprint density at radius 1 is 1.17 bits per heavy atom. The Morgan fingerprint density at radius 2 is 1.91 bits per heavy atom. The normalized spacial score (nSPS) is 11.1. The van der Waals surface area contributed by atoms with Crippen molar-refractivity contribution in [3.05, 3.63) is 82.0 Å². The molecule has 0 radical (unpaired) electrons. The molecule has 2 aromatic heterocycles. The Bertz CT molecular complexity index is 1160. The smallest absolute Gasteiger partial charge is 0.277 e. The van der Waals surface area contributed by atoms with Gasteiger partial charge in [-0.1, -0.05) is 55.8 Å². The third-order valence-electron chi connectivity index (χ3n) is 5.16. The maximum Gasteiger partial charge on any atom is 0.277 e. The van der Waals surface area contributed by atoms with E-state index in [-0.39, 0.29) is 12.1 Å². The van der Waals surface area contributed by atoms with Gasteiger partial charge in [0.05, 0.1) is 12.7 Å². The molecule has 0 fully saturated rings. The number of anilines is 1. The molecule has 0 bridgehead atoms. The van der Waals surface area contributed by atoms with Gasteiger partial charge in [0.2, 0.25) is 0 Å². The summed E-state index contributed by atoms with van der Waals surface area (Å²) in [5, 5.41) is 6.05. The van der Waals surface area contributed by atoms with Crippen molar-refractivity contribution in [2.24, 2.45) is 5.73 Å². The van der Waals surface area contributed by atoms with Gasteiger partial charge < -0.3 is 21.2 Å². The van der Waals surface area contributed by atoms with Crippen LogP contribution in [0.2, 0.25) is 0 Å². The summed E-state index contributed by atoms with van der Waals surface area (Å²) in [5.74, 6) is 1.02. The van der Waals surface area contributed by atoms with Crippen LogP contribution in [0.1, 0.15) is 37.8 Å². The molecule has 0 unspecified atom stereocenters. The molecule has 0 spiro atoms. The highest BCUT2D eigenvalue weighted by Gasteiger charge is 2.11. The van der Waals surface area contributed by atoms with E-state index in [0.717, 1.165) is 12.1 Å². The van der Waals surface area contributed by atoms with Crippen LogP contribution in [0.5, 0.6) is 0 Å². The summed E-state index contributed by atoms with van der Waals surface area (Å²) in [6.07, 6.45) is 8.16. The fourth-order valence-corrected chi connectivity index (χ4v) is 3.54. The van der Waals surface area contributed by atoms with Crippen LogP contribution >= 0.6 is 0 Å². The predicted octanol–water partition coefficient (Wildman–Crippen LogP) is 3.31. The highest BCUT2D eigenvalue weighted by molar-refractivity contribution is 5.60. The van der Waals surface area contributed by atoms with E-state index in [1.807, 2.05) is 49.8 Å². The van der Waals surface area contributed by atoms with E-state index in [1.165, 1.54) is 27.5 Å². The van der Waals surface area contributed by atoms with E-state index in [4.69, 9.17) is 5.73 Å². The first-order chi connectivity index (χ1) is 16.9. The number of hydrogen-bond donors (Lipinski definition) is 3. The van der Waals surface area contributed by atoms with Crippen molar-refractivity contribution in [3.8, 4) is 11.4 Å². The maximum atomic E-state index is 12.3. The monoisotopic (exact) mass is 476 g/mol. The molecule has 1 aromatic carbocycles. The molecule has 2 heterocycles. The van der Waals surface area contributed by atoms with Gasteiger partial charge >= 0.3 is 0 Å². The number of nitrogens with two attached hydrogens (primary N) is 1. The molecule has 0 saturated heterocycles. The second-order valence-corrected chi connectivity index (χ2v) is 8.34. The van der Waals surface area contributed by atoms with Crippen molar-refractivity contribution >= 4 is 18.0 Å². The number of benzene rings is 1. The van der Waals surface area contributed by atoms with Gasteiger partial charge in [0, 0.05) is 37.6 Å². The number of nitrogens with one attached hydrogen (secondary N) is 2. The molecule has 0 atom stereocenters. The van der Waals surface area contributed by atoms with E-state index in [2.05, 4.69) is 53.5 Å². The lowest BCUT2D eigenvalue weighted by Crippen LogP contribution is -2.28. The second kappa shape index (κ2) is 14.6. The molecule has 0 aliphatic carbocycles. The zero-order valence-corrected chi connectivity index (χ0v) is 21.0. The van der Waals surface area contributed by atoms with Crippen molar-refractivity contribution in [2.75, 3.05) is 32.0 Å². The van der Waals surface area contributed by atoms with E-state index >= 15 is 0 Å². The summed E-state index contributed by atoms with van der Waals surface area (Å²) >= 11 is 0. The maximum absolute atomic E-state index is 12.3. The van der Waals surface area contributed by atoms with Crippen LogP contribution in [-0.4, -0.2) is 47.5 Å². The zero-order chi connectivity index (χ0) is 25.6. The van der Waals surface area contributed by atoms with Gasteiger partial charge in [-0.15, -0.1) is 0 Å². The first kappa shape index (κ1) is 27.6. The quantitative estimate of drug-likeness (QED) is 0.385. The van der Waals surface area contributed by atoms with Crippen LogP contribution in [-0.2, 0) is 11.3 Å². The number of nitrogens with zero attached hydrogens (tertiary/aromatic N) is 3. The highest BCUT2D eigenvalue weighted by atomic mass is 16.1. The fourth-order valence-electron chi connectivity index (χ4n) is 3.54. The number of carbonyl (C=O) groups excluding carboxylic acids is 1. The SMILES string of the molecule is CNC/C(C)=C/c1cnccc1C(C)C.NCCNc1cnc(-c2ccccc2)n(CC=O)c1=O. The van der Waals surface area contributed by atoms with Crippen LogP contribution in [0.3, 0.4) is 0 Å². The van der Waals surface area contributed by atoms with Crippen molar-refractivity contribution in [1.82, 2.24) is 19.9 Å². The minimum absolute atomic E-state index is 0.0335. The Hall–Kier alpha value is -3.62. The molecule has 3 aromatic rings. The fraction of sp³-hybridized carbons (Fsp3) is 0.333. The number of hydrogen-bond acceptors (Lipinski definition) is 7. The summed E-state index contributed by atoms with van der Waals surface area (Å²) in [4.78, 5) is 31.6. The summed E-state index contributed by atoms with van der Waals surface area (Å²) in [5.41, 5.74) is 10.2. The lowest BCUT2D eigenvalue weighted by Gasteiger charge is -2.12. The van der Waals surface area contributed by atoms with Gasteiger partial charge in [-0.05, 0) is 37.1 Å². The molecule has 8 heteroatoms. The number of aromatic nitrogens is 3. The molecule has 0 aliphatic heterocycles. The average Bonchev–Trinajstić information content (AvgIpc) is 2.86. The summed E-state index contributed by atoms with van der Waals surface area (Å²) in [6, 6.07) is 11.4. The van der Waals surface area contributed by atoms with E-state index in [9.17, 15) is 9.59 Å². The number of rotatable bonds is 10. The van der Waals surface area contributed by atoms with Gasteiger partial charge in [-0.3, -0.25) is 14.3 Å². The van der Waals surface area contributed by atoms with Crippen LogP contribution in [0.4, 0.5) is 5.69 Å². The molecule has 0 aliphatic rings. The molecule has 0 saturated carbocycles. The topological polar surface area (TPSA) is 115 Å². The van der Waals surface area contributed by atoms with Crippen molar-refractivity contribution in [1.29, 1.82) is 0 Å². The molecular formula is C27H36N6O2. The average molecular weight is 477 g/mol. The van der Waals surface area contributed by atoms with Crippen molar-refractivity contribution in [2.45, 2.75) is 33.2 Å². The first-order valence-corrected chi connectivity index (χ1v) is 11.7. The van der Waals surface area contributed by atoms with E-state index < -0.39 is 0 Å². The van der Waals surface area contributed by atoms with Gasteiger partial charge in [0.15, 0.2) is 0 Å². The standard InChI is InChI=1S/C14H16N4O2.C13H20N2/c15-6-7-16-12-10-17-13(11-4-2-1-3-5-11)18(8-9-19)14(12)20;1-10(2)13-5-6-15-9-12(13)7-11(3)8-14-4/h1-5,9-10,16H,6-8,15H2;5-7,9-10,14H,8H2,1-4H3/b;11-7+. The van der Waals surface area contributed by atoms with Gasteiger partial charge in [-0.2, -0.15) is 0 Å². The molecule has 35 heavy (non-hydrogen) atoms. The van der Waals surface area contributed by atoms with Crippen LogP contribution in [0.25, 0.3) is 17.5 Å². The van der Waals surface area contributed by atoms with Crippen LogP contribution < -0.4 is 21.9 Å². The highest BCUT2D eigenvalue weighted by Crippen LogP contribution is 2.20. The van der Waals surface area contributed by atoms with Crippen LogP contribution in [0, 0.1) is 0 Å². The molecular weight excluding hydrogens is 440 g/mol. The second-order valence-electron chi connectivity index (χ2n) is 8.34. The zero-order valence-electron chi connectivity index (χ0n) is 21.0. The number of likely N-dealkylation sites (N-methyl/N-ethyl adjacent to an activating group) is 1. The summed E-state index contributed by atoms with van der Waals surface area (Å²) < 4.78 is 1.35. The van der Waals surface area contributed by atoms with Gasteiger partial charge in [-0.25, -0.2) is 4.98 Å². The lowest BCUT2D eigenvalue weighted by atomic mass is 9.98. The molecule has 0 amide bonds. The number of aldehydes is 1. The number of pyridine rings is 1. The molecule has 4 N–H and O–H groups in total. The predicted molar refractivity (Wildman–Crippen MR) is 143 cm³/mol. The van der Waals surface area contributed by atoms with E-state index in [1.54, 1.807) is 0 Å². The number of carbonyl (C=O) groups is 1. The Labute approximate surface area is 207 Å². The van der Waals surface area contributed by atoms with Gasteiger partial charge in [0.1, 0.15) is 17.8 Å². The van der Waals surface area contributed by atoms with Gasteiger partial charge in [0.25, 0.3) is 5.56 Å². The molecule has 8 nitrogen and oxygen atoms in total. The summed E-state index contributed by atoms with van der Waals surface area (Å²) in [6.45, 7) is 8.32. The largest absolute Gasteiger partial charge is 0.378 e. The summed E-state index contributed by atoms with van der Waals surface area (Å²) in [7, 11) is 1.96. The Kier molecular flexibility index (Phi) is 11.5. The lowest BCUT2D eigenvalue weighted by molar-refractivity contribution is -0.108. The Morgan fingerprint density at radius 3 is 2.54 bits per heavy atom. The van der Waals surface area contributed by atoms with Crippen molar-refractivity contribution in [3.63, 3.8) is 0 Å². The first-order valence-electron chi connectivity index (χ1n) is 11.7. The van der Waals surface area contributed by atoms with E-state index in [0.29, 0.717) is 36.8 Å². The Balaban J connectivity index is 0.000000258. The third-order valence-corrected chi connectivity index (χ3v) is 5.16. The third kappa shape index (κ3) is 8.27. The molecule has 3 rings (SSSR count). The van der Waals surface area contributed by atoms with Crippen molar-refractivity contribution < 1.29 is 4.79 Å². The van der Waals surface area contributed by atoms with Crippen LogP contribution in [0.15, 0.2) is 65.4 Å².